The molecule has 3 aromatic rings. The van der Waals surface area contributed by atoms with E-state index in [-0.39, 0.29) is 21.7 Å². The Kier molecular flexibility index (Phi) is 6.86. The first-order valence-electron chi connectivity index (χ1n) is 10.5. The molecule has 3 aromatic carbocycles. The van der Waals surface area contributed by atoms with Crippen LogP contribution in [0.3, 0.4) is 0 Å². The molecule has 2 heterocycles. The van der Waals surface area contributed by atoms with Crippen molar-refractivity contribution in [3.05, 3.63) is 75.3 Å². The lowest BCUT2D eigenvalue weighted by Gasteiger charge is -2.30. The molecule has 0 fully saturated rings. The molecule has 5 rings (SSSR count). The predicted molar refractivity (Wildman–Crippen MR) is 132 cm³/mol. The monoisotopic (exact) mass is 486 g/mol. The summed E-state index contributed by atoms with van der Waals surface area (Å²) in [6, 6.07) is 14.7. The molecule has 33 heavy (non-hydrogen) atoms. The second-order valence-corrected chi connectivity index (χ2v) is 8.65. The van der Waals surface area contributed by atoms with Crippen LogP contribution in [0.2, 0.25) is 10.0 Å². The highest BCUT2D eigenvalue weighted by Crippen LogP contribution is 2.36. The van der Waals surface area contributed by atoms with E-state index in [0.29, 0.717) is 30.2 Å². The third-order valence-electron chi connectivity index (χ3n) is 5.30. The lowest BCUT2D eigenvalue weighted by Crippen LogP contribution is -2.38. The van der Waals surface area contributed by atoms with Gasteiger partial charge in [0.25, 0.3) is 5.91 Å². The summed E-state index contributed by atoms with van der Waals surface area (Å²) in [6.07, 6.45) is 0. The molecule has 1 amide bonds. The Morgan fingerprint density at radius 1 is 0.939 bits per heavy atom. The van der Waals surface area contributed by atoms with Crippen LogP contribution in [-0.2, 0) is 0 Å². The average molecular weight is 487 g/mol. The van der Waals surface area contributed by atoms with Gasteiger partial charge in [-0.1, -0.05) is 35.3 Å². The van der Waals surface area contributed by atoms with Crippen LogP contribution in [0.25, 0.3) is 0 Å². The molecular formula is C25H24Cl2N2O4. The van der Waals surface area contributed by atoms with Crippen molar-refractivity contribution in [1.82, 2.24) is 0 Å². The quantitative estimate of drug-likeness (QED) is 0.451. The number of nitrogens with zero attached hydrogens (tertiary/aromatic N) is 1. The largest absolute Gasteiger partial charge is 0.505 e. The van der Waals surface area contributed by atoms with Crippen LogP contribution in [0.15, 0.2) is 48.5 Å². The number of anilines is 2. The number of aryl methyl sites for hydroxylation is 2. The van der Waals surface area contributed by atoms with Crippen molar-refractivity contribution < 1.29 is 19.4 Å². The Bertz CT molecular complexity index is 1180. The van der Waals surface area contributed by atoms with E-state index in [1.807, 2.05) is 25.1 Å². The molecule has 8 heteroatoms. The SMILES string of the molecule is Cc1ccc2c(c1)OCCN2.Cc1ccc2c(c1)OCCN2C(=O)c1cc(Cl)c(O)c(Cl)c1. The second-order valence-electron chi connectivity index (χ2n) is 7.84. The van der Waals surface area contributed by atoms with Crippen molar-refractivity contribution in [3.8, 4) is 17.2 Å². The number of ether oxygens (including phenoxy) is 2. The molecule has 0 unspecified atom stereocenters. The highest BCUT2D eigenvalue weighted by molar-refractivity contribution is 6.37. The molecule has 2 aliphatic rings. The summed E-state index contributed by atoms with van der Waals surface area (Å²) >= 11 is 11.8. The minimum Gasteiger partial charge on any atom is -0.505 e. The molecular weight excluding hydrogens is 463 g/mol. The summed E-state index contributed by atoms with van der Waals surface area (Å²) in [7, 11) is 0. The second kappa shape index (κ2) is 9.81. The van der Waals surface area contributed by atoms with E-state index in [1.165, 1.54) is 17.7 Å². The number of fused-ring (bicyclic) bond motifs is 2. The number of carbonyl (C=O) groups is 1. The summed E-state index contributed by atoms with van der Waals surface area (Å²) in [5.74, 6) is 1.20. The van der Waals surface area contributed by atoms with E-state index in [4.69, 9.17) is 32.7 Å². The fourth-order valence-corrected chi connectivity index (χ4v) is 4.11. The van der Waals surface area contributed by atoms with E-state index >= 15 is 0 Å². The number of aromatic hydroxyl groups is 1. The molecule has 6 nitrogen and oxygen atoms in total. The molecule has 0 aromatic heterocycles. The normalized spacial score (nSPS) is 13.9. The number of phenols is 1. The Hall–Kier alpha value is -3.09. The number of phenolic OH excluding ortho intramolecular Hbond substituents is 1. The van der Waals surface area contributed by atoms with E-state index in [1.54, 1.807) is 4.90 Å². The van der Waals surface area contributed by atoms with E-state index < -0.39 is 0 Å². The number of amides is 1. The number of carbonyl (C=O) groups excluding carboxylic acids is 1. The summed E-state index contributed by atoms with van der Waals surface area (Å²) < 4.78 is 11.0. The average Bonchev–Trinajstić information content (AvgIpc) is 2.81. The minimum atomic E-state index is -0.239. The Morgan fingerprint density at radius 2 is 1.58 bits per heavy atom. The van der Waals surface area contributed by atoms with Gasteiger partial charge in [-0.3, -0.25) is 4.79 Å². The van der Waals surface area contributed by atoms with Gasteiger partial charge in [-0.15, -0.1) is 0 Å². The highest BCUT2D eigenvalue weighted by Gasteiger charge is 2.25. The van der Waals surface area contributed by atoms with Gasteiger partial charge in [0, 0.05) is 12.1 Å². The van der Waals surface area contributed by atoms with Gasteiger partial charge in [0.15, 0.2) is 5.75 Å². The molecule has 0 atom stereocenters. The Labute approximate surface area is 202 Å². The van der Waals surface area contributed by atoms with Gasteiger partial charge in [0.1, 0.15) is 24.7 Å². The third kappa shape index (κ3) is 5.13. The summed E-state index contributed by atoms with van der Waals surface area (Å²) in [6.45, 7) is 6.57. The molecule has 0 aliphatic carbocycles. The molecule has 2 N–H and O–H groups in total. The zero-order valence-electron chi connectivity index (χ0n) is 18.3. The van der Waals surface area contributed by atoms with Gasteiger partial charge in [-0.25, -0.2) is 0 Å². The predicted octanol–water partition coefficient (Wildman–Crippen LogP) is 5.85. The topological polar surface area (TPSA) is 71.0 Å². The lowest BCUT2D eigenvalue weighted by molar-refractivity contribution is 0.0976. The molecule has 0 spiro atoms. The van der Waals surface area contributed by atoms with Crippen molar-refractivity contribution in [2.45, 2.75) is 13.8 Å². The maximum atomic E-state index is 12.7. The maximum Gasteiger partial charge on any atom is 0.258 e. The minimum absolute atomic E-state index is 0.0493. The van der Waals surface area contributed by atoms with Crippen LogP contribution < -0.4 is 19.7 Å². The zero-order chi connectivity index (χ0) is 23.5. The van der Waals surface area contributed by atoms with E-state index in [2.05, 4.69) is 30.4 Å². The Morgan fingerprint density at radius 3 is 2.30 bits per heavy atom. The van der Waals surface area contributed by atoms with Gasteiger partial charge in [-0.05, 0) is 61.4 Å². The van der Waals surface area contributed by atoms with Crippen molar-refractivity contribution in [1.29, 1.82) is 0 Å². The number of halogens is 2. The first kappa shape index (κ1) is 23.1. The van der Waals surface area contributed by atoms with E-state index in [0.717, 1.165) is 30.2 Å². The van der Waals surface area contributed by atoms with Crippen LogP contribution in [0.5, 0.6) is 17.2 Å². The number of benzene rings is 3. The summed E-state index contributed by atoms with van der Waals surface area (Å²) in [5.41, 5.74) is 4.45. The van der Waals surface area contributed by atoms with Crippen molar-refractivity contribution in [3.63, 3.8) is 0 Å². The molecule has 2 aliphatic heterocycles. The van der Waals surface area contributed by atoms with Crippen LogP contribution in [-0.4, -0.2) is 37.3 Å². The molecule has 0 radical (unpaired) electrons. The summed E-state index contributed by atoms with van der Waals surface area (Å²) in [4.78, 5) is 14.4. The lowest BCUT2D eigenvalue weighted by atomic mass is 10.1. The van der Waals surface area contributed by atoms with Gasteiger partial charge >= 0.3 is 0 Å². The molecule has 0 saturated heterocycles. The van der Waals surface area contributed by atoms with Crippen LogP contribution in [0, 0.1) is 13.8 Å². The van der Waals surface area contributed by atoms with Crippen LogP contribution >= 0.6 is 23.2 Å². The van der Waals surface area contributed by atoms with Gasteiger partial charge < -0.3 is 24.8 Å². The number of rotatable bonds is 1. The first-order valence-corrected chi connectivity index (χ1v) is 11.3. The number of hydrogen-bond acceptors (Lipinski definition) is 5. The van der Waals surface area contributed by atoms with Crippen molar-refractivity contribution >= 4 is 40.5 Å². The fraction of sp³-hybridized carbons (Fsp3) is 0.240. The van der Waals surface area contributed by atoms with Gasteiger partial charge in [0.2, 0.25) is 0 Å². The number of nitrogens with one attached hydrogen (secondary N) is 1. The van der Waals surface area contributed by atoms with Gasteiger partial charge in [0.05, 0.1) is 28.0 Å². The fourth-order valence-electron chi connectivity index (χ4n) is 3.62. The summed E-state index contributed by atoms with van der Waals surface area (Å²) in [5, 5.41) is 13.0. The third-order valence-corrected chi connectivity index (χ3v) is 5.88. The van der Waals surface area contributed by atoms with Gasteiger partial charge in [-0.2, -0.15) is 0 Å². The molecule has 0 bridgehead atoms. The number of hydrogen-bond donors (Lipinski definition) is 2. The van der Waals surface area contributed by atoms with Crippen molar-refractivity contribution in [2.75, 3.05) is 36.5 Å². The standard InChI is InChI=1S/C16H13Cl2NO3.C9H11NO/c1-9-2-3-13-14(6-9)22-5-4-19(13)16(21)10-7-11(17)15(20)12(18)8-10;1-7-2-3-8-9(6-7)11-5-4-10-8/h2-3,6-8,20H,4-5H2,1H3;2-3,6,10H,4-5H2,1H3. The maximum absolute atomic E-state index is 12.7. The molecule has 0 saturated carbocycles. The first-order chi connectivity index (χ1) is 15.8. The van der Waals surface area contributed by atoms with Crippen LogP contribution in [0.1, 0.15) is 21.5 Å². The highest BCUT2D eigenvalue weighted by atomic mass is 35.5. The van der Waals surface area contributed by atoms with E-state index in [9.17, 15) is 9.90 Å². The van der Waals surface area contributed by atoms with Crippen LogP contribution in [0.4, 0.5) is 11.4 Å². The Balaban J connectivity index is 0.000000196. The molecule has 172 valence electrons. The zero-order valence-corrected chi connectivity index (χ0v) is 19.8. The smallest absolute Gasteiger partial charge is 0.258 e. The van der Waals surface area contributed by atoms with Crippen molar-refractivity contribution in [2.24, 2.45) is 0 Å².